The number of benzene rings is 3. The van der Waals surface area contributed by atoms with Crippen molar-refractivity contribution in [2.75, 3.05) is 6.54 Å². The minimum Gasteiger partial charge on any atom is -0.390 e. The second-order valence-corrected chi connectivity index (χ2v) is 9.44. The second-order valence-electron chi connectivity index (χ2n) is 9.44. The number of nitrogens with one attached hydrogen (secondary N) is 2. The molecule has 1 aromatic heterocycles. The van der Waals surface area contributed by atoms with Crippen molar-refractivity contribution in [2.45, 2.75) is 45.0 Å². The third-order valence-electron chi connectivity index (χ3n) is 6.62. The van der Waals surface area contributed by atoms with Crippen LogP contribution in [0.4, 0.5) is 8.78 Å². The Balaban J connectivity index is 1.49. The van der Waals surface area contributed by atoms with Gasteiger partial charge in [0.1, 0.15) is 18.2 Å². The number of amides is 1. The van der Waals surface area contributed by atoms with Crippen LogP contribution < -0.4 is 16.3 Å². The van der Waals surface area contributed by atoms with Crippen molar-refractivity contribution in [3.8, 4) is 0 Å². The number of carbonyl (C=O) groups is 1. The van der Waals surface area contributed by atoms with Crippen LogP contribution in [0, 0.1) is 11.6 Å². The lowest BCUT2D eigenvalue weighted by molar-refractivity contribution is -0.123. The number of aryl methyl sites for hydroxylation is 2. The summed E-state index contributed by atoms with van der Waals surface area (Å²) in [6.07, 6.45) is -0.156. The lowest BCUT2D eigenvalue weighted by Gasteiger charge is -2.25. The monoisotopic (exact) mass is 522 g/mol. The number of carbonyl (C=O) groups excluding carboxylic acids is 1. The van der Waals surface area contributed by atoms with Crippen LogP contribution in [0.2, 0.25) is 0 Å². The van der Waals surface area contributed by atoms with Crippen molar-refractivity contribution in [2.24, 2.45) is 7.05 Å². The first-order valence-electron chi connectivity index (χ1n) is 12.6. The van der Waals surface area contributed by atoms with Crippen LogP contribution in [0.1, 0.15) is 23.6 Å². The number of aromatic nitrogens is 2. The van der Waals surface area contributed by atoms with E-state index in [1.54, 1.807) is 25.2 Å². The summed E-state index contributed by atoms with van der Waals surface area (Å²) < 4.78 is 30.5. The van der Waals surface area contributed by atoms with E-state index in [9.17, 15) is 23.5 Å². The third-order valence-corrected chi connectivity index (χ3v) is 6.62. The molecular weight excluding hydrogens is 490 g/mol. The molecule has 0 aliphatic carbocycles. The first-order valence-corrected chi connectivity index (χ1v) is 12.6. The topological polar surface area (TPSA) is 88.3 Å². The Morgan fingerprint density at radius 1 is 0.947 bits per heavy atom. The molecule has 38 heavy (non-hydrogen) atoms. The highest BCUT2D eigenvalue weighted by Crippen LogP contribution is 2.14. The molecule has 4 rings (SSSR count). The second kappa shape index (κ2) is 12.1. The number of para-hydroxylation sites is 2. The van der Waals surface area contributed by atoms with Crippen LogP contribution in [0.25, 0.3) is 11.0 Å². The zero-order valence-electron chi connectivity index (χ0n) is 21.5. The molecule has 0 radical (unpaired) electrons. The number of imidazole rings is 1. The normalized spacial score (nSPS) is 13.0. The molecule has 0 fully saturated rings. The van der Waals surface area contributed by atoms with E-state index in [0.717, 1.165) is 18.1 Å². The van der Waals surface area contributed by atoms with Crippen LogP contribution in [-0.2, 0) is 37.8 Å². The number of rotatable bonds is 11. The molecule has 4 aromatic rings. The average Bonchev–Trinajstić information content (AvgIpc) is 3.12. The van der Waals surface area contributed by atoms with Gasteiger partial charge in [0, 0.05) is 26.2 Å². The van der Waals surface area contributed by atoms with E-state index in [1.165, 1.54) is 26.8 Å². The molecule has 0 aliphatic heterocycles. The van der Waals surface area contributed by atoms with Gasteiger partial charge in [-0.25, -0.2) is 13.6 Å². The van der Waals surface area contributed by atoms with Gasteiger partial charge >= 0.3 is 5.69 Å². The van der Waals surface area contributed by atoms with E-state index < -0.39 is 29.7 Å². The highest BCUT2D eigenvalue weighted by molar-refractivity contribution is 5.81. The number of aliphatic hydroxyl groups excluding tert-OH is 1. The van der Waals surface area contributed by atoms with Crippen molar-refractivity contribution in [3.05, 3.63) is 106 Å². The number of fused-ring (bicyclic) bond motifs is 1. The van der Waals surface area contributed by atoms with Crippen LogP contribution in [0.15, 0.2) is 71.5 Å². The fourth-order valence-electron chi connectivity index (χ4n) is 4.64. The number of hydrogen-bond donors (Lipinski definition) is 3. The van der Waals surface area contributed by atoms with Gasteiger partial charge in [-0.15, -0.1) is 0 Å². The molecule has 7 nitrogen and oxygen atoms in total. The molecule has 0 aliphatic rings. The van der Waals surface area contributed by atoms with Gasteiger partial charge < -0.3 is 15.7 Å². The molecule has 3 N–H and O–H groups in total. The van der Waals surface area contributed by atoms with Gasteiger partial charge in [0.2, 0.25) is 5.91 Å². The first-order chi connectivity index (χ1) is 18.2. The molecule has 0 saturated carbocycles. The number of nitrogens with zero attached hydrogens (tertiary/aromatic N) is 2. The Hall–Kier alpha value is -3.82. The SMILES string of the molecule is CCc1cccc(CNCC(O)C(Cc2cc(F)cc(F)c2)NC(=O)Cn2c(=O)n(C)c3ccccc32)c1. The summed E-state index contributed by atoms with van der Waals surface area (Å²) in [6.45, 7) is 2.45. The number of hydrogen-bond acceptors (Lipinski definition) is 4. The van der Waals surface area contributed by atoms with Gasteiger partial charge in [0.05, 0.1) is 23.2 Å². The highest BCUT2D eigenvalue weighted by Gasteiger charge is 2.23. The molecule has 200 valence electrons. The van der Waals surface area contributed by atoms with Crippen LogP contribution in [-0.4, -0.2) is 38.8 Å². The molecule has 1 amide bonds. The molecule has 1 heterocycles. The summed E-state index contributed by atoms with van der Waals surface area (Å²) in [6, 6.07) is 17.5. The van der Waals surface area contributed by atoms with Crippen molar-refractivity contribution in [3.63, 3.8) is 0 Å². The Morgan fingerprint density at radius 2 is 1.63 bits per heavy atom. The fraction of sp³-hybridized carbons (Fsp3) is 0.310. The molecule has 0 saturated heterocycles. The molecule has 0 spiro atoms. The number of halogens is 2. The summed E-state index contributed by atoms with van der Waals surface area (Å²) in [5.41, 5.74) is 3.50. The van der Waals surface area contributed by atoms with Crippen molar-refractivity contribution < 1.29 is 18.7 Å². The highest BCUT2D eigenvalue weighted by atomic mass is 19.1. The zero-order valence-corrected chi connectivity index (χ0v) is 21.5. The predicted molar refractivity (Wildman–Crippen MR) is 143 cm³/mol. The summed E-state index contributed by atoms with van der Waals surface area (Å²) in [5, 5.41) is 17.0. The van der Waals surface area contributed by atoms with Crippen molar-refractivity contribution in [1.29, 1.82) is 0 Å². The molecule has 0 bridgehead atoms. The zero-order chi connectivity index (χ0) is 27.2. The lowest BCUT2D eigenvalue weighted by atomic mass is 10.0. The van der Waals surface area contributed by atoms with E-state index in [0.29, 0.717) is 23.1 Å². The Labute approximate surface area is 219 Å². The van der Waals surface area contributed by atoms with Gasteiger partial charge in [-0.3, -0.25) is 13.9 Å². The standard InChI is InChI=1S/C29H32F2N4O3/c1-3-19-7-6-8-20(11-19)16-32-17-27(36)24(14-21-12-22(30)15-23(31)13-21)33-28(37)18-35-26-10-5-4-9-25(26)34(2)29(35)38/h4-13,15,24,27,32,36H,3,14,16-18H2,1-2H3,(H,33,37). The summed E-state index contributed by atoms with van der Waals surface area (Å²) in [5.74, 6) is -1.98. The third kappa shape index (κ3) is 6.54. The largest absolute Gasteiger partial charge is 0.390 e. The maximum atomic E-state index is 13.8. The Morgan fingerprint density at radius 3 is 2.34 bits per heavy atom. The molecule has 3 aromatic carbocycles. The maximum Gasteiger partial charge on any atom is 0.329 e. The van der Waals surface area contributed by atoms with Gasteiger partial charge in [0.25, 0.3) is 0 Å². The summed E-state index contributed by atoms with van der Waals surface area (Å²) in [4.78, 5) is 25.8. The quantitative estimate of drug-likeness (QED) is 0.283. The predicted octanol–water partition coefficient (Wildman–Crippen LogP) is 3.06. The summed E-state index contributed by atoms with van der Waals surface area (Å²) in [7, 11) is 1.63. The van der Waals surface area contributed by atoms with E-state index in [2.05, 4.69) is 23.6 Å². The van der Waals surface area contributed by atoms with Gasteiger partial charge in [0.15, 0.2) is 0 Å². The van der Waals surface area contributed by atoms with Crippen LogP contribution in [0.3, 0.4) is 0 Å². The van der Waals surface area contributed by atoms with Gasteiger partial charge in [-0.1, -0.05) is 43.3 Å². The van der Waals surface area contributed by atoms with E-state index in [-0.39, 0.29) is 25.2 Å². The maximum absolute atomic E-state index is 13.8. The van der Waals surface area contributed by atoms with E-state index in [4.69, 9.17) is 0 Å². The molecule has 9 heteroatoms. The molecular formula is C29H32F2N4O3. The molecule has 2 unspecified atom stereocenters. The van der Waals surface area contributed by atoms with Gasteiger partial charge in [-0.05, 0) is 53.8 Å². The van der Waals surface area contributed by atoms with Gasteiger partial charge in [-0.2, -0.15) is 0 Å². The minimum atomic E-state index is -1.07. The van der Waals surface area contributed by atoms with E-state index in [1.807, 2.05) is 24.3 Å². The first kappa shape index (κ1) is 27.2. The van der Waals surface area contributed by atoms with Crippen LogP contribution >= 0.6 is 0 Å². The van der Waals surface area contributed by atoms with Crippen LogP contribution in [0.5, 0.6) is 0 Å². The Bertz CT molecular complexity index is 1460. The Kier molecular flexibility index (Phi) is 8.70. The molecule has 2 atom stereocenters. The smallest absolute Gasteiger partial charge is 0.329 e. The summed E-state index contributed by atoms with van der Waals surface area (Å²) >= 11 is 0. The average molecular weight is 523 g/mol. The fourth-order valence-corrected chi connectivity index (χ4v) is 4.64. The number of aliphatic hydroxyl groups is 1. The van der Waals surface area contributed by atoms with Crippen molar-refractivity contribution >= 4 is 16.9 Å². The lowest BCUT2D eigenvalue weighted by Crippen LogP contribution is -2.50. The minimum absolute atomic E-state index is 0.000970. The van der Waals surface area contributed by atoms with Crippen molar-refractivity contribution in [1.82, 2.24) is 19.8 Å². The van der Waals surface area contributed by atoms with E-state index >= 15 is 0 Å².